The van der Waals surface area contributed by atoms with Crippen LogP contribution in [0.2, 0.25) is 15.1 Å². The summed E-state index contributed by atoms with van der Waals surface area (Å²) < 4.78 is 13.0. The normalized spacial score (nSPS) is 10.4. The maximum absolute atomic E-state index is 13.0. The first-order chi connectivity index (χ1) is 8.52. The SMILES string of the molecule is O=Cc1nc(F)ccc1-c1c(Cl)cc(Cl)cc1Cl. The molecule has 0 atom stereocenters. The minimum atomic E-state index is -0.748. The molecule has 0 aliphatic carbocycles. The summed E-state index contributed by atoms with van der Waals surface area (Å²) in [7, 11) is 0. The number of pyridine rings is 1. The monoisotopic (exact) mass is 303 g/mol. The van der Waals surface area contributed by atoms with E-state index in [1.54, 1.807) is 0 Å². The number of hydrogen-bond acceptors (Lipinski definition) is 2. The lowest BCUT2D eigenvalue weighted by atomic mass is 10.0. The zero-order valence-electron chi connectivity index (χ0n) is 8.75. The molecule has 0 radical (unpaired) electrons. The van der Waals surface area contributed by atoms with Crippen LogP contribution in [-0.2, 0) is 0 Å². The number of carbonyl (C=O) groups is 1. The van der Waals surface area contributed by atoms with Crippen molar-refractivity contribution in [3.05, 3.63) is 51.0 Å². The minimum Gasteiger partial charge on any atom is -0.296 e. The van der Waals surface area contributed by atoms with Crippen LogP contribution in [0.1, 0.15) is 10.5 Å². The summed E-state index contributed by atoms with van der Waals surface area (Å²) in [6, 6.07) is 5.50. The van der Waals surface area contributed by atoms with E-state index in [1.807, 2.05) is 0 Å². The van der Waals surface area contributed by atoms with E-state index in [0.29, 0.717) is 22.4 Å². The van der Waals surface area contributed by atoms with Crippen LogP contribution in [0.5, 0.6) is 0 Å². The smallest absolute Gasteiger partial charge is 0.213 e. The van der Waals surface area contributed by atoms with Crippen molar-refractivity contribution in [2.45, 2.75) is 0 Å². The summed E-state index contributed by atoms with van der Waals surface area (Å²) in [6.07, 6.45) is 0.444. The Hall–Kier alpha value is -1.16. The maximum Gasteiger partial charge on any atom is 0.213 e. The number of aromatic nitrogens is 1. The van der Waals surface area contributed by atoms with Crippen LogP contribution in [0, 0.1) is 5.95 Å². The molecule has 18 heavy (non-hydrogen) atoms. The van der Waals surface area contributed by atoms with Gasteiger partial charge in [-0.2, -0.15) is 4.39 Å². The molecule has 1 heterocycles. The summed E-state index contributed by atoms with van der Waals surface area (Å²) in [4.78, 5) is 14.4. The highest BCUT2D eigenvalue weighted by Gasteiger charge is 2.15. The van der Waals surface area contributed by atoms with Crippen LogP contribution in [0.3, 0.4) is 0 Å². The number of aldehydes is 1. The quantitative estimate of drug-likeness (QED) is 0.596. The molecule has 0 aliphatic heterocycles. The van der Waals surface area contributed by atoms with E-state index in [9.17, 15) is 9.18 Å². The van der Waals surface area contributed by atoms with Gasteiger partial charge >= 0.3 is 0 Å². The van der Waals surface area contributed by atoms with Gasteiger partial charge in [0.05, 0.1) is 10.0 Å². The van der Waals surface area contributed by atoms with Gasteiger partial charge in [-0.3, -0.25) is 4.79 Å². The summed E-state index contributed by atoms with van der Waals surface area (Å²) >= 11 is 17.9. The molecule has 0 saturated carbocycles. The molecule has 2 rings (SSSR count). The third-order valence-corrected chi connectivity index (χ3v) is 3.09. The predicted octanol–water partition coefficient (Wildman–Crippen LogP) is 4.66. The first kappa shape index (κ1) is 13.3. The average molecular weight is 305 g/mol. The minimum absolute atomic E-state index is 0.0684. The van der Waals surface area contributed by atoms with E-state index in [2.05, 4.69) is 4.98 Å². The molecule has 6 heteroatoms. The molecule has 0 spiro atoms. The highest BCUT2D eigenvalue weighted by atomic mass is 35.5. The van der Waals surface area contributed by atoms with Crippen molar-refractivity contribution in [2.75, 3.05) is 0 Å². The van der Waals surface area contributed by atoms with Crippen LogP contribution >= 0.6 is 34.8 Å². The van der Waals surface area contributed by atoms with Crippen LogP contribution < -0.4 is 0 Å². The molecule has 0 aliphatic rings. The molecule has 1 aromatic carbocycles. The number of carbonyl (C=O) groups excluding carboxylic acids is 1. The lowest BCUT2D eigenvalue weighted by Crippen LogP contribution is -1.96. The van der Waals surface area contributed by atoms with Crippen molar-refractivity contribution in [3.8, 4) is 11.1 Å². The van der Waals surface area contributed by atoms with E-state index in [-0.39, 0.29) is 15.7 Å². The Labute approximate surface area is 117 Å². The van der Waals surface area contributed by atoms with Crippen molar-refractivity contribution in [3.63, 3.8) is 0 Å². The fraction of sp³-hybridized carbons (Fsp3) is 0. The predicted molar refractivity (Wildman–Crippen MR) is 70.0 cm³/mol. The summed E-state index contributed by atoms with van der Waals surface area (Å²) in [5.74, 6) is -0.748. The van der Waals surface area contributed by atoms with Gasteiger partial charge in [0.2, 0.25) is 5.95 Å². The van der Waals surface area contributed by atoms with Crippen molar-refractivity contribution in [2.24, 2.45) is 0 Å². The third kappa shape index (κ3) is 2.48. The number of hydrogen-bond donors (Lipinski definition) is 0. The van der Waals surface area contributed by atoms with E-state index in [4.69, 9.17) is 34.8 Å². The van der Waals surface area contributed by atoms with Crippen molar-refractivity contribution in [1.82, 2.24) is 4.98 Å². The molecule has 92 valence electrons. The Kier molecular flexibility index (Phi) is 3.85. The Balaban J connectivity index is 2.73. The highest BCUT2D eigenvalue weighted by Crippen LogP contribution is 2.38. The molecule has 0 fully saturated rings. The van der Waals surface area contributed by atoms with Crippen LogP contribution in [0.15, 0.2) is 24.3 Å². The Morgan fingerprint density at radius 3 is 2.28 bits per heavy atom. The molecule has 0 unspecified atom stereocenters. The summed E-state index contributed by atoms with van der Waals surface area (Å²) in [5.41, 5.74) is 0.691. The van der Waals surface area contributed by atoms with Gasteiger partial charge in [0, 0.05) is 16.1 Å². The van der Waals surface area contributed by atoms with Crippen molar-refractivity contribution < 1.29 is 9.18 Å². The van der Waals surface area contributed by atoms with E-state index < -0.39 is 5.95 Å². The number of benzene rings is 1. The van der Waals surface area contributed by atoms with Gasteiger partial charge in [-0.05, 0) is 24.3 Å². The van der Waals surface area contributed by atoms with Crippen molar-refractivity contribution >= 4 is 41.1 Å². The maximum atomic E-state index is 13.0. The van der Waals surface area contributed by atoms with Crippen LogP contribution in [-0.4, -0.2) is 11.3 Å². The van der Waals surface area contributed by atoms with Gasteiger partial charge in [-0.1, -0.05) is 34.8 Å². The summed E-state index contributed by atoms with van der Waals surface area (Å²) in [5, 5.41) is 0.907. The molecule has 2 aromatic rings. The first-order valence-corrected chi connectivity index (χ1v) is 5.93. The molecular formula is C12H5Cl3FNO. The van der Waals surface area contributed by atoms with E-state index in [1.165, 1.54) is 18.2 Å². The van der Waals surface area contributed by atoms with Gasteiger partial charge in [0.25, 0.3) is 0 Å². The molecule has 0 bridgehead atoms. The number of halogens is 4. The Bertz CT molecular complexity index is 608. The van der Waals surface area contributed by atoms with Gasteiger partial charge in [0.1, 0.15) is 5.69 Å². The Morgan fingerprint density at radius 2 is 1.72 bits per heavy atom. The topological polar surface area (TPSA) is 30.0 Å². The molecule has 2 nitrogen and oxygen atoms in total. The summed E-state index contributed by atoms with van der Waals surface area (Å²) in [6.45, 7) is 0. The molecule has 0 amide bonds. The van der Waals surface area contributed by atoms with Gasteiger partial charge in [-0.25, -0.2) is 4.98 Å². The zero-order valence-corrected chi connectivity index (χ0v) is 11.0. The van der Waals surface area contributed by atoms with E-state index in [0.717, 1.165) is 6.07 Å². The fourth-order valence-corrected chi connectivity index (χ4v) is 2.57. The van der Waals surface area contributed by atoms with Crippen LogP contribution in [0.25, 0.3) is 11.1 Å². The molecule has 1 aromatic heterocycles. The average Bonchev–Trinajstić information content (AvgIpc) is 2.29. The lowest BCUT2D eigenvalue weighted by Gasteiger charge is -2.09. The van der Waals surface area contributed by atoms with Gasteiger partial charge < -0.3 is 0 Å². The lowest BCUT2D eigenvalue weighted by molar-refractivity contribution is 0.111. The number of rotatable bonds is 2. The van der Waals surface area contributed by atoms with E-state index >= 15 is 0 Å². The van der Waals surface area contributed by atoms with Crippen molar-refractivity contribution in [1.29, 1.82) is 0 Å². The fourth-order valence-electron chi connectivity index (χ4n) is 1.55. The standard InChI is InChI=1S/C12H5Cl3FNO/c13-6-3-8(14)12(9(15)4-6)7-1-2-11(16)17-10(7)5-18/h1-5H. The second-order valence-corrected chi connectivity index (χ2v) is 4.68. The second-order valence-electron chi connectivity index (χ2n) is 3.43. The molecule has 0 saturated heterocycles. The first-order valence-electron chi connectivity index (χ1n) is 4.79. The third-order valence-electron chi connectivity index (χ3n) is 2.28. The highest BCUT2D eigenvalue weighted by molar-refractivity contribution is 6.42. The largest absolute Gasteiger partial charge is 0.296 e. The molecule has 0 N–H and O–H groups in total. The number of nitrogens with zero attached hydrogens (tertiary/aromatic N) is 1. The second kappa shape index (κ2) is 5.22. The van der Waals surface area contributed by atoms with Crippen LogP contribution in [0.4, 0.5) is 4.39 Å². The molecular weight excluding hydrogens is 299 g/mol. The Morgan fingerprint density at radius 1 is 1.11 bits per heavy atom. The van der Waals surface area contributed by atoms with Gasteiger partial charge in [-0.15, -0.1) is 0 Å². The zero-order chi connectivity index (χ0) is 13.3. The van der Waals surface area contributed by atoms with Gasteiger partial charge in [0.15, 0.2) is 6.29 Å².